The van der Waals surface area contributed by atoms with Crippen molar-refractivity contribution < 1.29 is 19.1 Å². The third-order valence-corrected chi connectivity index (χ3v) is 9.48. The second-order valence-corrected chi connectivity index (χ2v) is 12.6. The van der Waals surface area contributed by atoms with E-state index in [0.717, 1.165) is 52.9 Å². The van der Waals surface area contributed by atoms with Gasteiger partial charge in [0.05, 0.1) is 23.9 Å². The smallest absolute Gasteiger partial charge is 0.254 e. The molecule has 1 N–H and O–H groups in total. The Morgan fingerprint density at radius 3 is 2.62 bits per heavy atom. The van der Waals surface area contributed by atoms with Crippen LogP contribution in [-0.4, -0.2) is 45.2 Å². The van der Waals surface area contributed by atoms with Crippen LogP contribution in [0.3, 0.4) is 0 Å². The summed E-state index contributed by atoms with van der Waals surface area (Å²) < 4.78 is 14.7. The van der Waals surface area contributed by atoms with Crippen molar-refractivity contribution in [1.82, 2.24) is 14.5 Å². The molecular weight excluding hydrogens is 490 g/mol. The van der Waals surface area contributed by atoms with E-state index >= 15 is 0 Å². The summed E-state index contributed by atoms with van der Waals surface area (Å²) in [7, 11) is 1.65. The van der Waals surface area contributed by atoms with E-state index in [0.29, 0.717) is 46.4 Å². The fraction of sp³-hybridized carbons (Fsp3) is 0.500. The van der Waals surface area contributed by atoms with Gasteiger partial charge in [0.15, 0.2) is 5.76 Å². The molecule has 4 heterocycles. The van der Waals surface area contributed by atoms with Crippen LogP contribution in [0.15, 0.2) is 34.7 Å². The number of piperidine rings is 1. The largest absolute Gasteiger partial charge is 0.496 e. The number of fused-ring (bicyclic) bond motifs is 4. The highest BCUT2D eigenvalue weighted by molar-refractivity contribution is 6.02. The topological polar surface area (TPSA) is 80.7 Å². The molecule has 2 aliphatic carbocycles. The molecule has 39 heavy (non-hydrogen) atoms. The molecule has 0 radical (unpaired) electrons. The lowest BCUT2D eigenvalue weighted by Gasteiger charge is -2.27. The van der Waals surface area contributed by atoms with Crippen molar-refractivity contribution in [3.05, 3.63) is 47.2 Å². The number of methoxy groups -OCH3 is 1. The van der Waals surface area contributed by atoms with Gasteiger partial charge in [0.2, 0.25) is 0 Å². The van der Waals surface area contributed by atoms with E-state index in [-0.39, 0.29) is 5.91 Å². The number of hydrogen-bond acceptors (Lipinski definition) is 5. The fourth-order valence-electron chi connectivity index (χ4n) is 6.98. The average Bonchev–Trinajstić information content (AvgIpc) is 3.31. The lowest BCUT2D eigenvalue weighted by molar-refractivity contribution is 0.0695. The van der Waals surface area contributed by atoms with Gasteiger partial charge in [-0.2, -0.15) is 0 Å². The Hall–Kier alpha value is -3.32. The first-order valence-corrected chi connectivity index (χ1v) is 14.3. The van der Waals surface area contributed by atoms with Gasteiger partial charge in [-0.1, -0.05) is 6.92 Å². The number of rotatable bonds is 6. The molecule has 3 aromatic heterocycles. The Morgan fingerprint density at radius 2 is 1.97 bits per heavy atom. The molecule has 4 aromatic rings. The van der Waals surface area contributed by atoms with E-state index in [4.69, 9.17) is 14.1 Å². The van der Waals surface area contributed by atoms with Crippen molar-refractivity contribution in [3.8, 4) is 17.2 Å². The van der Waals surface area contributed by atoms with Crippen molar-refractivity contribution in [1.29, 1.82) is 0 Å². The summed E-state index contributed by atoms with van der Waals surface area (Å²) in [5.74, 6) is 3.29. The average molecular weight is 528 g/mol. The molecule has 1 aliphatic heterocycles. The summed E-state index contributed by atoms with van der Waals surface area (Å²) in [4.78, 5) is 20.6. The van der Waals surface area contributed by atoms with Gasteiger partial charge in [-0.3, -0.25) is 4.79 Å². The number of amides is 1. The summed E-state index contributed by atoms with van der Waals surface area (Å²) in [5, 5.41) is 12.5. The Morgan fingerprint density at radius 1 is 1.18 bits per heavy atom. The van der Waals surface area contributed by atoms with E-state index < -0.39 is 5.60 Å². The standard InChI is InChI=1S/C32H37N3O4/c1-17-21-8-10-23(17)35(16-21)31(36)22-13-25(38-5)28-18(2)29(39-26(28)14-22)24-12-20-9-11-27(32(3,4)37)33-30(20)34(24)15-19-6-7-19/h9,11-14,17,19,21,23,37H,6-8,10,15-16H2,1-5H3/t17-,21?,23?/m1/s1. The second kappa shape index (κ2) is 8.59. The SMILES string of the molecule is COc1cc(C(=O)N2CC3CCC2[C@@H]3C)cc2oc(-c3cc4ccc(C(C)(C)O)nc4n3CC3CC3)c(C)c12. The first-order valence-electron chi connectivity index (χ1n) is 14.3. The number of aryl methyl sites for hydroxylation is 1. The normalized spacial score (nSPS) is 22.9. The van der Waals surface area contributed by atoms with Gasteiger partial charge in [0.25, 0.3) is 5.91 Å². The Labute approximate surface area is 228 Å². The van der Waals surface area contributed by atoms with Crippen molar-refractivity contribution in [2.24, 2.45) is 17.8 Å². The summed E-state index contributed by atoms with van der Waals surface area (Å²) >= 11 is 0. The van der Waals surface area contributed by atoms with Gasteiger partial charge in [0.1, 0.15) is 22.6 Å². The highest BCUT2D eigenvalue weighted by atomic mass is 16.5. The van der Waals surface area contributed by atoms with Gasteiger partial charge < -0.3 is 23.7 Å². The molecule has 2 bridgehead atoms. The Kier molecular flexibility index (Phi) is 5.44. The number of ether oxygens (including phenoxy) is 1. The van der Waals surface area contributed by atoms with Crippen molar-refractivity contribution in [3.63, 3.8) is 0 Å². The van der Waals surface area contributed by atoms with Crippen LogP contribution in [0.4, 0.5) is 0 Å². The molecule has 0 spiro atoms. The number of aliphatic hydroxyl groups is 1. The first-order chi connectivity index (χ1) is 18.6. The highest BCUT2D eigenvalue weighted by Crippen LogP contribution is 2.45. The Bertz CT molecular complexity index is 1620. The predicted octanol–water partition coefficient (Wildman–Crippen LogP) is 6.27. The summed E-state index contributed by atoms with van der Waals surface area (Å²) in [5.41, 5.74) is 3.71. The molecule has 1 amide bonds. The zero-order valence-corrected chi connectivity index (χ0v) is 23.5. The van der Waals surface area contributed by atoms with E-state index in [1.807, 2.05) is 24.3 Å². The number of furan rings is 1. The maximum atomic E-state index is 13.7. The monoisotopic (exact) mass is 527 g/mol. The lowest BCUT2D eigenvalue weighted by Crippen LogP contribution is -2.38. The zero-order chi connectivity index (χ0) is 27.2. The third kappa shape index (κ3) is 3.88. The first kappa shape index (κ1) is 24.7. The van der Waals surface area contributed by atoms with Gasteiger partial charge >= 0.3 is 0 Å². The fourth-order valence-corrected chi connectivity index (χ4v) is 6.98. The van der Waals surface area contributed by atoms with E-state index in [1.54, 1.807) is 21.0 Å². The summed E-state index contributed by atoms with van der Waals surface area (Å²) in [6.45, 7) is 9.56. The molecule has 3 fully saturated rings. The summed E-state index contributed by atoms with van der Waals surface area (Å²) in [6.07, 6.45) is 4.73. The van der Waals surface area contributed by atoms with Crippen LogP contribution in [0, 0.1) is 24.7 Å². The van der Waals surface area contributed by atoms with E-state index in [9.17, 15) is 9.90 Å². The molecule has 1 saturated heterocycles. The number of carbonyl (C=O) groups is 1. The molecule has 7 rings (SSSR count). The maximum Gasteiger partial charge on any atom is 0.254 e. The summed E-state index contributed by atoms with van der Waals surface area (Å²) in [6, 6.07) is 10.2. The van der Waals surface area contributed by atoms with Crippen molar-refractivity contribution in [2.75, 3.05) is 13.7 Å². The van der Waals surface area contributed by atoms with Crippen LogP contribution in [-0.2, 0) is 12.1 Å². The number of benzene rings is 1. The number of carbonyl (C=O) groups excluding carboxylic acids is 1. The number of pyridine rings is 1. The van der Waals surface area contributed by atoms with Crippen molar-refractivity contribution in [2.45, 2.75) is 71.6 Å². The quantitative estimate of drug-likeness (QED) is 0.319. The number of nitrogens with zero attached hydrogens (tertiary/aromatic N) is 3. The molecular formula is C32H37N3O4. The minimum atomic E-state index is -1.03. The second-order valence-electron chi connectivity index (χ2n) is 12.6. The number of likely N-dealkylation sites (tertiary alicyclic amines) is 1. The van der Waals surface area contributed by atoms with Crippen LogP contribution in [0.25, 0.3) is 33.5 Å². The van der Waals surface area contributed by atoms with Gasteiger partial charge in [0, 0.05) is 35.6 Å². The van der Waals surface area contributed by atoms with Crippen LogP contribution in [0.1, 0.15) is 68.1 Å². The van der Waals surface area contributed by atoms with Gasteiger partial charge in [-0.05, 0) is 94.5 Å². The molecule has 2 saturated carbocycles. The minimum absolute atomic E-state index is 0.0658. The molecule has 7 nitrogen and oxygen atoms in total. The van der Waals surface area contributed by atoms with Crippen LogP contribution < -0.4 is 4.74 Å². The lowest BCUT2D eigenvalue weighted by atomic mass is 10.0. The minimum Gasteiger partial charge on any atom is -0.496 e. The molecule has 1 aromatic carbocycles. The third-order valence-electron chi connectivity index (χ3n) is 9.48. The predicted molar refractivity (Wildman–Crippen MR) is 151 cm³/mol. The molecule has 3 aliphatic rings. The van der Waals surface area contributed by atoms with Crippen LogP contribution in [0.2, 0.25) is 0 Å². The van der Waals surface area contributed by atoms with E-state index in [2.05, 4.69) is 29.4 Å². The molecule has 204 valence electrons. The number of aromatic nitrogens is 2. The maximum absolute atomic E-state index is 13.7. The van der Waals surface area contributed by atoms with Gasteiger partial charge in [-0.25, -0.2) is 4.98 Å². The van der Waals surface area contributed by atoms with E-state index in [1.165, 1.54) is 19.3 Å². The zero-order valence-electron chi connectivity index (χ0n) is 23.5. The molecule has 2 unspecified atom stereocenters. The Balaban J connectivity index is 1.35. The molecule has 3 atom stereocenters. The van der Waals surface area contributed by atoms with Crippen LogP contribution >= 0.6 is 0 Å². The van der Waals surface area contributed by atoms with Gasteiger partial charge in [-0.15, -0.1) is 0 Å². The highest BCUT2D eigenvalue weighted by Gasteiger charge is 2.46. The van der Waals surface area contributed by atoms with Crippen molar-refractivity contribution >= 4 is 27.9 Å². The number of hydrogen-bond donors (Lipinski definition) is 1. The van der Waals surface area contributed by atoms with Crippen LogP contribution in [0.5, 0.6) is 5.75 Å². The molecule has 7 heteroatoms.